The number of carbonyl (C=O) groups excluding carboxylic acids is 1. The van der Waals surface area contributed by atoms with Crippen LogP contribution in [0.5, 0.6) is 0 Å². The molecule has 7 heteroatoms. The molecular formula is C41H36ClFN4O. The van der Waals surface area contributed by atoms with Crippen molar-refractivity contribution in [3.8, 4) is 22.5 Å². The number of ketones is 1. The molecule has 0 bridgehead atoms. The van der Waals surface area contributed by atoms with E-state index in [0.717, 1.165) is 66.3 Å². The van der Waals surface area contributed by atoms with Crippen LogP contribution in [0.15, 0.2) is 103 Å². The Bertz CT molecular complexity index is 2440. The number of rotatable bonds is 3. The van der Waals surface area contributed by atoms with E-state index in [4.69, 9.17) is 16.6 Å². The molecule has 0 aliphatic carbocycles. The lowest BCUT2D eigenvalue weighted by Crippen LogP contribution is -1.95. The number of carbonyl (C=O) groups is 1. The molecule has 4 aromatic heterocycles. The van der Waals surface area contributed by atoms with Crippen LogP contribution in [0.1, 0.15) is 48.7 Å². The van der Waals surface area contributed by atoms with Gasteiger partial charge in [-0.25, -0.2) is 14.4 Å². The first-order valence-electron chi connectivity index (χ1n) is 16.0. The van der Waals surface area contributed by atoms with E-state index in [1.54, 1.807) is 19.9 Å². The predicted octanol–water partition coefficient (Wildman–Crippen LogP) is 11.8. The zero-order chi connectivity index (χ0) is 33.9. The number of aromatic nitrogens is 4. The van der Waals surface area contributed by atoms with E-state index in [1.807, 2.05) is 73.1 Å². The van der Waals surface area contributed by atoms with Crippen LogP contribution >= 0.6 is 11.6 Å². The van der Waals surface area contributed by atoms with Gasteiger partial charge in [0.05, 0.1) is 33.0 Å². The standard InChI is InChI=1S/C20H16N2O.C18H12ClFN2.C3H8/c1-12-5-3-7-16-17(11-21-20(12)16)19-10-9-15-14(13(2)23)6-4-8-18(15)22-19;1-10-15(20)7-6-12-13(9-21-17(10)12)16-8-5-11-3-2-4-14(19)18(11)22-16;1-3-2/h3-11,21H,1-2H3;2-9,21H,1H3;3H2,1-2H3. The number of fused-ring (bicyclic) bond motifs is 4. The van der Waals surface area contributed by atoms with Crippen molar-refractivity contribution in [2.75, 3.05) is 0 Å². The fourth-order valence-electron chi connectivity index (χ4n) is 5.92. The van der Waals surface area contributed by atoms with Crippen LogP contribution in [-0.2, 0) is 0 Å². The maximum absolute atomic E-state index is 13.7. The minimum atomic E-state index is -0.213. The molecule has 0 atom stereocenters. The van der Waals surface area contributed by atoms with Crippen LogP contribution in [0.4, 0.5) is 4.39 Å². The Balaban J connectivity index is 0.000000155. The molecule has 0 amide bonds. The third kappa shape index (κ3) is 6.19. The number of hydrogen-bond donors (Lipinski definition) is 2. The first-order valence-corrected chi connectivity index (χ1v) is 16.4. The minimum Gasteiger partial charge on any atom is -0.360 e. The van der Waals surface area contributed by atoms with Gasteiger partial charge in [-0.3, -0.25) is 4.79 Å². The second-order valence-electron chi connectivity index (χ2n) is 11.8. The van der Waals surface area contributed by atoms with E-state index >= 15 is 0 Å². The zero-order valence-electron chi connectivity index (χ0n) is 27.6. The maximum Gasteiger partial charge on any atom is 0.160 e. The molecule has 8 aromatic rings. The lowest BCUT2D eigenvalue weighted by atomic mass is 10.0. The number of benzene rings is 4. The number of para-hydroxylation sites is 2. The normalized spacial score (nSPS) is 11.0. The molecule has 0 unspecified atom stereocenters. The van der Waals surface area contributed by atoms with Gasteiger partial charge in [0, 0.05) is 61.7 Å². The summed E-state index contributed by atoms with van der Waals surface area (Å²) >= 11 is 6.23. The summed E-state index contributed by atoms with van der Waals surface area (Å²) < 4.78 is 13.7. The van der Waals surface area contributed by atoms with Crippen molar-refractivity contribution in [3.63, 3.8) is 0 Å². The molecule has 4 aromatic carbocycles. The quantitative estimate of drug-likeness (QED) is 0.186. The molecular weight excluding hydrogens is 619 g/mol. The van der Waals surface area contributed by atoms with Gasteiger partial charge in [0.15, 0.2) is 5.78 Å². The summed E-state index contributed by atoms with van der Waals surface area (Å²) in [5.74, 6) is -0.150. The molecule has 2 N–H and O–H groups in total. The Labute approximate surface area is 283 Å². The van der Waals surface area contributed by atoms with Gasteiger partial charge >= 0.3 is 0 Å². The number of halogens is 2. The first-order chi connectivity index (χ1) is 23.2. The van der Waals surface area contributed by atoms with Gasteiger partial charge < -0.3 is 9.97 Å². The van der Waals surface area contributed by atoms with E-state index < -0.39 is 0 Å². The first kappa shape index (κ1) is 32.6. The molecule has 0 aliphatic heterocycles. The topological polar surface area (TPSA) is 74.4 Å². The summed E-state index contributed by atoms with van der Waals surface area (Å²) in [6, 6.07) is 28.9. The molecule has 48 heavy (non-hydrogen) atoms. The lowest BCUT2D eigenvalue weighted by Gasteiger charge is -2.05. The van der Waals surface area contributed by atoms with Crippen molar-refractivity contribution in [2.45, 2.75) is 41.0 Å². The molecule has 0 saturated heterocycles. The average Bonchev–Trinajstić information content (AvgIpc) is 3.73. The average molecular weight is 655 g/mol. The van der Waals surface area contributed by atoms with Crippen LogP contribution in [-0.4, -0.2) is 25.7 Å². The number of Topliss-reactive ketones (excluding diaryl/α,β-unsaturated/α-hetero) is 1. The van der Waals surface area contributed by atoms with Crippen molar-refractivity contribution in [1.29, 1.82) is 0 Å². The van der Waals surface area contributed by atoms with Crippen LogP contribution in [0.25, 0.3) is 66.1 Å². The largest absolute Gasteiger partial charge is 0.360 e. The zero-order valence-corrected chi connectivity index (χ0v) is 28.3. The minimum absolute atomic E-state index is 0.0628. The second kappa shape index (κ2) is 13.8. The SMILES string of the molecule is CC(=O)c1cccc2nc(-c3c[nH]c4c(C)cccc34)ccc12.CCC.Cc1c(F)ccc2c(-c3ccc4cccc(Cl)c4n3)c[nH]c12. The highest BCUT2D eigenvalue weighted by molar-refractivity contribution is 6.35. The van der Waals surface area contributed by atoms with E-state index in [2.05, 4.69) is 53.9 Å². The Morgan fingerprint density at radius 1 is 0.729 bits per heavy atom. The van der Waals surface area contributed by atoms with E-state index in [9.17, 15) is 9.18 Å². The van der Waals surface area contributed by atoms with E-state index in [1.165, 1.54) is 23.4 Å². The summed E-state index contributed by atoms with van der Waals surface area (Å²) in [5, 5.41) is 4.65. The van der Waals surface area contributed by atoms with Gasteiger partial charge in [-0.2, -0.15) is 0 Å². The number of aromatic amines is 2. The maximum atomic E-state index is 13.7. The van der Waals surface area contributed by atoms with Crippen molar-refractivity contribution in [1.82, 2.24) is 19.9 Å². The molecule has 4 heterocycles. The highest BCUT2D eigenvalue weighted by atomic mass is 35.5. The highest BCUT2D eigenvalue weighted by Crippen LogP contribution is 2.33. The summed E-state index contributed by atoms with van der Waals surface area (Å²) in [4.78, 5) is 27.7. The van der Waals surface area contributed by atoms with E-state index in [0.29, 0.717) is 10.6 Å². The Morgan fingerprint density at radius 3 is 2.10 bits per heavy atom. The summed E-state index contributed by atoms with van der Waals surface area (Å²) in [6.45, 7) is 9.70. The van der Waals surface area contributed by atoms with Crippen LogP contribution < -0.4 is 0 Å². The molecule has 0 spiro atoms. The van der Waals surface area contributed by atoms with Crippen LogP contribution in [0.2, 0.25) is 5.02 Å². The highest BCUT2D eigenvalue weighted by Gasteiger charge is 2.13. The number of pyridine rings is 2. The Kier molecular flexibility index (Phi) is 9.37. The summed E-state index contributed by atoms with van der Waals surface area (Å²) in [7, 11) is 0. The summed E-state index contributed by atoms with van der Waals surface area (Å²) in [6.07, 6.45) is 5.11. The predicted molar refractivity (Wildman–Crippen MR) is 198 cm³/mol. The van der Waals surface area contributed by atoms with Crippen molar-refractivity contribution in [2.24, 2.45) is 0 Å². The van der Waals surface area contributed by atoms with Crippen molar-refractivity contribution in [3.05, 3.63) is 131 Å². The van der Waals surface area contributed by atoms with Crippen LogP contribution in [0, 0.1) is 19.7 Å². The monoisotopic (exact) mass is 654 g/mol. The van der Waals surface area contributed by atoms with Gasteiger partial charge in [-0.15, -0.1) is 0 Å². The van der Waals surface area contributed by atoms with Crippen molar-refractivity contribution >= 4 is 61.0 Å². The third-order valence-corrected chi connectivity index (χ3v) is 8.61. The fourth-order valence-corrected chi connectivity index (χ4v) is 6.15. The third-order valence-electron chi connectivity index (χ3n) is 8.31. The molecule has 240 valence electrons. The van der Waals surface area contributed by atoms with Crippen LogP contribution in [0.3, 0.4) is 0 Å². The van der Waals surface area contributed by atoms with Gasteiger partial charge in [-0.05, 0) is 68.8 Å². The number of H-pyrrole nitrogens is 2. The van der Waals surface area contributed by atoms with Gasteiger partial charge in [0.1, 0.15) is 5.82 Å². The smallest absolute Gasteiger partial charge is 0.160 e. The number of nitrogens with one attached hydrogen (secondary N) is 2. The molecule has 8 rings (SSSR count). The molecule has 5 nitrogen and oxygen atoms in total. The Morgan fingerprint density at radius 2 is 1.35 bits per heavy atom. The van der Waals surface area contributed by atoms with Gasteiger partial charge in [0.25, 0.3) is 0 Å². The van der Waals surface area contributed by atoms with Gasteiger partial charge in [0.2, 0.25) is 0 Å². The fraction of sp³-hybridized carbons (Fsp3) is 0.146. The number of nitrogens with zero attached hydrogens (tertiary/aromatic N) is 2. The molecule has 0 aliphatic rings. The van der Waals surface area contributed by atoms with Gasteiger partial charge in [-0.1, -0.05) is 80.4 Å². The van der Waals surface area contributed by atoms with E-state index in [-0.39, 0.29) is 11.6 Å². The summed E-state index contributed by atoms with van der Waals surface area (Å²) in [5.41, 5.74) is 9.86. The second-order valence-corrected chi connectivity index (χ2v) is 12.2. The number of aryl methyl sites for hydroxylation is 2. The Hall–Kier alpha value is -5.33. The molecule has 0 fully saturated rings. The molecule has 0 saturated carbocycles. The van der Waals surface area contributed by atoms with Crippen molar-refractivity contribution < 1.29 is 9.18 Å². The lowest BCUT2D eigenvalue weighted by molar-refractivity contribution is 0.101. The number of hydrogen-bond acceptors (Lipinski definition) is 3. The molecule has 0 radical (unpaired) electrons.